The molecule has 1 aliphatic rings. The van der Waals surface area contributed by atoms with Crippen LogP contribution in [0.3, 0.4) is 0 Å². The van der Waals surface area contributed by atoms with Crippen LogP contribution in [-0.2, 0) is 25.4 Å². The van der Waals surface area contributed by atoms with Crippen LogP contribution >= 0.6 is 0 Å². The second kappa shape index (κ2) is 10.4. The zero-order valence-corrected chi connectivity index (χ0v) is 16.2. The first-order chi connectivity index (χ1) is 12.2. The summed E-state index contributed by atoms with van der Waals surface area (Å²) in [4.78, 5) is 36.0. The average Bonchev–Trinajstić information content (AvgIpc) is 2.58. The summed E-state index contributed by atoms with van der Waals surface area (Å²) in [7, 11) is -1.43. The Balaban J connectivity index is 2.68. The smallest absolute Gasteiger partial charge is 0.322 e. The molecular weight excluding hydrogens is 360 g/mol. The van der Waals surface area contributed by atoms with Gasteiger partial charge in [-0.3, -0.25) is 19.4 Å². The van der Waals surface area contributed by atoms with Crippen LogP contribution in [0.2, 0.25) is 0 Å². The molecule has 4 unspecified atom stereocenters. The molecule has 4 atom stereocenters. The Labute approximate surface area is 156 Å². The van der Waals surface area contributed by atoms with Gasteiger partial charge in [-0.2, -0.15) is 0 Å². The quantitative estimate of drug-likeness (QED) is 0.396. The molecule has 4 N–H and O–H groups in total. The lowest BCUT2D eigenvalue weighted by atomic mass is 10.0. The van der Waals surface area contributed by atoms with Gasteiger partial charge in [0.25, 0.3) is 5.91 Å². The Morgan fingerprint density at radius 2 is 2.04 bits per heavy atom. The predicted molar refractivity (Wildman–Crippen MR) is 98.1 cm³/mol. The van der Waals surface area contributed by atoms with Gasteiger partial charge < -0.3 is 10.4 Å². The van der Waals surface area contributed by atoms with Gasteiger partial charge in [-0.15, -0.1) is 6.58 Å². The number of hydrogen-bond acceptors (Lipinski definition) is 5. The summed E-state index contributed by atoms with van der Waals surface area (Å²) in [5.41, 5.74) is 2.67. The molecule has 0 radical (unpaired) electrons. The largest absolute Gasteiger partial charge is 0.480 e. The summed E-state index contributed by atoms with van der Waals surface area (Å²) in [6.07, 6.45) is 2.49. The molecular formula is C16H28N4O5S. The van der Waals surface area contributed by atoms with E-state index in [1.165, 1.54) is 18.0 Å². The van der Waals surface area contributed by atoms with E-state index in [0.717, 1.165) is 0 Å². The second-order valence-corrected chi connectivity index (χ2v) is 7.78. The van der Waals surface area contributed by atoms with E-state index in [9.17, 15) is 18.6 Å². The van der Waals surface area contributed by atoms with Gasteiger partial charge in [0.1, 0.15) is 18.1 Å². The van der Waals surface area contributed by atoms with Crippen molar-refractivity contribution < 1.29 is 23.7 Å². The minimum absolute atomic E-state index is 0.143. The number of nitrogens with one attached hydrogen (secondary N) is 3. The molecule has 0 aromatic heterocycles. The van der Waals surface area contributed by atoms with Gasteiger partial charge in [0.05, 0.1) is 16.7 Å². The molecule has 0 saturated carbocycles. The van der Waals surface area contributed by atoms with Crippen molar-refractivity contribution in [3.8, 4) is 0 Å². The van der Waals surface area contributed by atoms with Gasteiger partial charge >= 0.3 is 5.97 Å². The number of carboxylic acid groups (broad SMARTS) is 1. The van der Waals surface area contributed by atoms with Crippen molar-refractivity contribution in [2.75, 3.05) is 12.3 Å². The standard InChI is InChI=1S/C16H28N4O5S/c1-5-9-26(25)19-13(10(2)3)14(21)17-11(4)15(22)20-8-6-7-12(18-20)16(23)24/h5,10-13,18-19H,1,6-9H2,2-4H3,(H,17,21)(H,23,24). The molecule has 0 bridgehead atoms. The summed E-state index contributed by atoms with van der Waals surface area (Å²) in [5.74, 6) is -1.81. The van der Waals surface area contributed by atoms with Crippen molar-refractivity contribution in [3.63, 3.8) is 0 Å². The molecule has 10 heteroatoms. The van der Waals surface area contributed by atoms with Crippen molar-refractivity contribution in [3.05, 3.63) is 12.7 Å². The van der Waals surface area contributed by atoms with Crippen molar-refractivity contribution >= 4 is 28.8 Å². The molecule has 1 heterocycles. The summed E-state index contributed by atoms with van der Waals surface area (Å²) in [6, 6.07) is -2.40. The zero-order valence-electron chi connectivity index (χ0n) is 15.4. The van der Waals surface area contributed by atoms with E-state index in [0.29, 0.717) is 19.4 Å². The molecule has 1 fully saturated rings. The summed E-state index contributed by atoms with van der Waals surface area (Å²) >= 11 is 0. The van der Waals surface area contributed by atoms with Gasteiger partial charge in [-0.05, 0) is 25.7 Å². The number of hydrogen-bond donors (Lipinski definition) is 4. The summed E-state index contributed by atoms with van der Waals surface area (Å²) in [5, 5.41) is 12.9. The number of rotatable bonds is 9. The number of carbonyl (C=O) groups is 3. The van der Waals surface area contributed by atoms with Gasteiger partial charge in [0.15, 0.2) is 0 Å². The van der Waals surface area contributed by atoms with Crippen molar-refractivity contribution in [2.45, 2.75) is 51.7 Å². The summed E-state index contributed by atoms with van der Waals surface area (Å²) < 4.78 is 14.6. The number of carboxylic acids is 1. The molecule has 148 valence electrons. The molecule has 0 aromatic carbocycles. The van der Waals surface area contributed by atoms with Crippen LogP contribution in [0.4, 0.5) is 0 Å². The number of carbonyl (C=O) groups excluding carboxylic acids is 2. The molecule has 9 nitrogen and oxygen atoms in total. The van der Waals surface area contributed by atoms with Crippen molar-refractivity contribution in [1.82, 2.24) is 20.5 Å². The van der Waals surface area contributed by atoms with E-state index in [-0.39, 0.29) is 11.7 Å². The van der Waals surface area contributed by atoms with Gasteiger partial charge in [-0.1, -0.05) is 19.9 Å². The fraction of sp³-hybridized carbons (Fsp3) is 0.688. The number of aliphatic carboxylic acids is 1. The van der Waals surface area contributed by atoms with Gasteiger partial charge in [0.2, 0.25) is 5.91 Å². The number of amides is 2. The molecule has 1 aliphatic heterocycles. The first kappa shape index (κ1) is 22.3. The van der Waals surface area contributed by atoms with E-state index in [1.54, 1.807) is 13.8 Å². The normalized spacial score (nSPS) is 20.9. The van der Waals surface area contributed by atoms with Crippen LogP contribution < -0.4 is 15.5 Å². The summed E-state index contributed by atoms with van der Waals surface area (Å²) in [6.45, 7) is 9.02. The van der Waals surface area contributed by atoms with Crippen LogP contribution in [0.5, 0.6) is 0 Å². The number of hydrazine groups is 1. The first-order valence-electron chi connectivity index (χ1n) is 8.53. The van der Waals surface area contributed by atoms with E-state index >= 15 is 0 Å². The Hall–Kier alpha value is -1.78. The Morgan fingerprint density at radius 1 is 1.38 bits per heavy atom. The minimum atomic E-state index is -1.43. The van der Waals surface area contributed by atoms with Crippen molar-refractivity contribution in [2.24, 2.45) is 5.92 Å². The highest BCUT2D eigenvalue weighted by atomic mass is 32.2. The Morgan fingerprint density at radius 3 is 2.58 bits per heavy atom. The average molecular weight is 388 g/mol. The third-order valence-corrected chi connectivity index (χ3v) is 5.01. The maximum absolute atomic E-state index is 12.5. The molecule has 0 spiro atoms. The molecule has 0 aliphatic carbocycles. The van der Waals surface area contributed by atoms with Crippen LogP contribution in [0, 0.1) is 5.92 Å². The molecule has 1 saturated heterocycles. The van der Waals surface area contributed by atoms with Gasteiger partial charge in [0, 0.05) is 6.54 Å². The van der Waals surface area contributed by atoms with Crippen LogP contribution in [0.25, 0.3) is 0 Å². The third kappa shape index (κ3) is 6.50. The van der Waals surface area contributed by atoms with E-state index < -0.39 is 46.9 Å². The Kier molecular flexibility index (Phi) is 8.89. The van der Waals surface area contributed by atoms with Crippen LogP contribution in [0.1, 0.15) is 33.6 Å². The highest BCUT2D eigenvalue weighted by Gasteiger charge is 2.32. The maximum Gasteiger partial charge on any atom is 0.322 e. The monoisotopic (exact) mass is 388 g/mol. The topological polar surface area (TPSA) is 128 Å². The molecule has 2 amide bonds. The van der Waals surface area contributed by atoms with E-state index in [4.69, 9.17) is 5.11 Å². The molecule has 0 aromatic rings. The first-order valence-corrected chi connectivity index (χ1v) is 9.85. The molecule has 26 heavy (non-hydrogen) atoms. The predicted octanol–water partition coefficient (Wildman–Crippen LogP) is -0.465. The molecule has 1 rings (SSSR count). The maximum atomic E-state index is 12.5. The van der Waals surface area contributed by atoms with Crippen LogP contribution in [-0.4, -0.2) is 62.5 Å². The lowest BCUT2D eigenvalue weighted by molar-refractivity contribution is -0.148. The lowest BCUT2D eigenvalue weighted by Gasteiger charge is -2.34. The Bertz CT molecular complexity index is 569. The van der Waals surface area contributed by atoms with E-state index in [1.807, 2.05) is 0 Å². The van der Waals surface area contributed by atoms with Crippen molar-refractivity contribution in [1.29, 1.82) is 0 Å². The van der Waals surface area contributed by atoms with Crippen LogP contribution in [0.15, 0.2) is 12.7 Å². The SMILES string of the molecule is C=CCS(=O)NC(C(=O)NC(C)C(=O)N1CCCC(C(=O)O)N1)C(C)C. The number of nitrogens with zero attached hydrogens (tertiary/aromatic N) is 1. The zero-order chi connectivity index (χ0) is 19.9. The highest BCUT2D eigenvalue weighted by Crippen LogP contribution is 2.09. The fourth-order valence-corrected chi connectivity index (χ4v) is 3.48. The third-order valence-electron chi connectivity index (χ3n) is 3.96. The lowest BCUT2D eigenvalue weighted by Crippen LogP contribution is -2.60. The highest BCUT2D eigenvalue weighted by molar-refractivity contribution is 7.83. The van der Waals surface area contributed by atoms with E-state index in [2.05, 4.69) is 22.0 Å². The minimum Gasteiger partial charge on any atom is -0.480 e. The van der Waals surface area contributed by atoms with Gasteiger partial charge in [-0.25, -0.2) is 14.4 Å². The second-order valence-electron chi connectivity index (χ2n) is 6.52. The fourth-order valence-electron chi connectivity index (χ4n) is 2.51.